The van der Waals surface area contributed by atoms with Crippen LogP contribution in [0.3, 0.4) is 0 Å². The van der Waals surface area contributed by atoms with Gasteiger partial charge in [-0.2, -0.15) is 15.0 Å². The zero-order chi connectivity index (χ0) is 23.6. The van der Waals surface area contributed by atoms with Gasteiger partial charge in [0.05, 0.1) is 13.4 Å². The number of imidazole rings is 1. The maximum atomic E-state index is 13.6. The molecule has 1 atom stereocenters. The molecule has 0 radical (unpaired) electrons. The van der Waals surface area contributed by atoms with Gasteiger partial charge in [-0.25, -0.2) is 14.2 Å². The Kier molecular flexibility index (Phi) is 8.50. The summed E-state index contributed by atoms with van der Waals surface area (Å²) in [7, 11) is 1.34. The molecule has 0 aliphatic rings. The largest absolute Gasteiger partial charge is 0.467 e. The van der Waals surface area contributed by atoms with Crippen LogP contribution in [0.5, 0.6) is 0 Å². The van der Waals surface area contributed by atoms with Crippen LogP contribution in [0.25, 0.3) is 0 Å². The Hall–Kier alpha value is -3.76. The number of nitrogens with one attached hydrogen (secondary N) is 3. The summed E-state index contributed by atoms with van der Waals surface area (Å²) in [5.41, 5.74) is 0.491. The molecule has 33 heavy (non-hydrogen) atoms. The van der Waals surface area contributed by atoms with Crippen LogP contribution in [0.4, 0.5) is 27.9 Å². The van der Waals surface area contributed by atoms with Crippen molar-refractivity contribution in [2.45, 2.75) is 39.3 Å². The lowest BCUT2D eigenvalue weighted by atomic mass is 10.0. The molecule has 0 unspecified atom stereocenters. The van der Waals surface area contributed by atoms with Gasteiger partial charge in [0.15, 0.2) is 0 Å². The van der Waals surface area contributed by atoms with Gasteiger partial charge in [0, 0.05) is 31.2 Å². The Bertz CT molecular complexity index is 1030. The number of hydrogen-bond acceptors (Lipinski definition) is 9. The van der Waals surface area contributed by atoms with Crippen LogP contribution in [0.15, 0.2) is 43.0 Å². The highest BCUT2D eigenvalue weighted by atomic mass is 19.1. The molecule has 0 saturated carbocycles. The van der Waals surface area contributed by atoms with E-state index in [-0.39, 0.29) is 23.6 Å². The Balaban J connectivity index is 1.77. The fraction of sp³-hybridized carbons (Fsp3) is 0.409. The van der Waals surface area contributed by atoms with Crippen molar-refractivity contribution >= 4 is 29.5 Å². The molecule has 3 rings (SSSR count). The van der Waals surface area contributed by atoms with Crippen LogP contribution in [0.2, 0.25) is 0 Å². The zero-order valence-corrected chi connectivity index (χ0v) is 19.0. The van der Waals surface area contributed by atoms with Crippen LogP contribution in [-0.4, -0.2) is 50.2 Å². The van der Waals surface area contributed by atoms with Gasteiger partial charge in [0.25, 0.3) is 0 Å². The van der Waals surface area contributed by atoms with E-state index in [1.807, 2.05) is 24.6 Å². The maximum absolute atomic E-state index is 13.6. The van der Waals surface area contributed by atoms with Crippen molar-refractivity contribution < 1.29 is 13.9 Å². The third kappa shape index (κ3) is 7.70. The number of rotatable bonds is 12. The van der Waals surface area contributed by atoms with Gasteiger partial charge in [0.2, 0.25) is 17.8 Å². The summed E-state index contributed by atoms with van der Waals surface area (Å²) in [5.74, 6) is 0.200. The highest BCUT2D eigenvalue weighted by molar-refractivity contribution is 5.78. The van der Waals surface area contributed by atoms with Crippen molar-refractivity contribution in [3.63, 3.8) is 0 Å². The number of methoxy groups -OCH3 is 1. The second-order valence-electron chi connectivity index (χ2n) is 7.87. The molecule has 2 heterocycles. The van der Waals surface area contributed by atoms with Crippen LogP contribution < -0.4 is 16.0 Å². The van der Waals surface area contributed by atoms with E-state index in [0.717, 1.165) is 13.0 Å². The molecule has 0 amide bonds. The predicted molar refractivity (Wildman–Crippen MR) is 124 cm³/mol. The number of halogens is 1. The number of nitrogens with zero attached hydrogens (tertiary/aromatic N) is 5. The number of esters is 1. The van der Waals surface area contributed by atoms with Gasteiger partial charge < -0.3 is 25.3 Å². The van der Waals surface area contributed by atoms with Gasteiger partial charge in [-0.05, 0) is 37.0 Å². The van der Waals surface area contributed by atoms with E-state index in [0.29, 0.717) is 24.6 Å². The molecule has 3 N–H and O–H groups in total. The van der Waals surface area contributed by atoms with E-state index in [2.05, 4.69) is 35.9 Å². The molecule has 0 bridgehead atoms. The average molecular weight is 457 g/mol. The molecule has 0 fully saturated rings. The molecule has 176 valence electrons. The van der Waals surface area contributed by atoms with Crippen molar-refractivity contribution in [1.82, 2.24) is 24.5 Å². The highest BCUT2D eigenvalue weighted by Crippen LogP contribution is 2.18. The molecule has 0 aliphatic carbocycles. The summed E-state index contributed by atoms with van der Waals surface area (Å²) in [6.45, 7) is 5.41. The summed E-state index contributed by atoms with van der Waals surface area (Å²) in [6.07, 6.45) is 6.74. The molecular formula is C22H29FN8O2. The first-order valence-electron chi connectivity index (χ1n) is 10.8. The Morgan fingerprint density at radius 2 is 1.97 bits per heavy atom. The van der Waals surface area contributed by atoms with E-state index >= 15 is 0 Å². The van der Waals surface area contributed by atoms with Gasteiger partial charge in [0.1, 0.15) is 11.9 Å². The lowest BCUT2D eigenvalue weighted by Crippen LogP contribution is -2.33. The van der Waals surface area contributed by atoms with E-state index in [4.69, 9.17) is 4.74 Å². The molecule has 1 aromatic carbocycles. The fourth-order valence-corrected chi connectivity index (χ4v) is 3.14. The lowest BCUT2D eigenvalue weighted by molar-refractivity contribution is -0.141. The van der Waals surface area contributed by atoms with Gasteiger partial charge >= 0.3 is 5.97 Å². The van der Waals surface area contributed by atoms with E-state index < -0.39 is 12.0 Å². The van der Waals surface area contributed by atoms with Crippen molar-refractivity contribution in [3.05, 3.63) is 48.8 Å². The zero-order valence-electron chi connectivity index (χ0n) is 19.0. The molecule has 3 aromatic rings. The number of benzene rings is 1. The summed E-state index contributed by atoms with van der Waals surface area (Å²) < 4.78 is 20.5. The molecule has 2 aromatic heterocycles. The minimum atomic E-state index is -0.617. The van der Waals surface area contributed by atoms with Crippen molar-refractivity contribution in [2.75, 3.05) is 29.6 Å². The van der Waals surface area contributed by atoms with Gasteiger partial charge in [-0.1, -0.05) is 19.9 Å². The first-order valence-corrected chi connectivity index (χ1v) is 10.8. The third-order valence-electron chi connectivity index (χ3n) is 4.65. The van der Waals surface area contributed by atoms with Crippen molar-refractivity contribution in [3.8, 4) is 0 Å². The molecular weight excluding hydrogens is 427 g/mol. The fourth-order valence-electron chi connectivity index (χ4n) is 3.14. The second-order valence-corrected chi connectivity index (χ2v) is 7.87. The molecule has 0 saturated heterocycles. The smallest absolute Gasteiger partial charge is 0.328 e. The number of aryl methyl sites for hydroxylation is 1. The van der Waals surface area contributed by atoms with Crippen LogP contribution >= 0.6 is 0 Å². The van der Waals surface area contributed by atoms with Crippen LogP contribution in [0.1, 0.15) is 26.7 Å². The first-order chi connectivity index (χ1) is 15.9. The number of aromatic nitrogens is 5. The number of anilines is 4. The minimum Gasteiger partial charge on any atom is -0.467 e. The standard InChI is InChI=1S/C22H29FN8O2/c1-15(2)12-18(19(32)33-3)27-22-29-20(25-8-5-10-31-11-9-24-14-31)28-21(30-22)26-17-7-4-6-16(23)13-17/h4,6-7,9,11,13-15,18H,5,8,10,12H2,1-3H3,(H3,25,26,27,28,29,30)/t18-/m0/s1. The van der Waals surface area contributed by atoms with E-state index in [1.54, 1.807) is 24.7 Å². The topological polar surface area (TPSA) is 119 Å². The Morgan fingerprint density at radius 1 is 1.18 bits per heavy atom. The summed E-state index contributed by atoms with van der Waals surface area (Å²) >= 11 is 0. The Labute approximate surface area is 192 Å². The molecule has 0 spiro atoms. The monoisotopic (exact) mass is 456 g/mol. The first kappa shape index (κ1) is 23.9. The summed E-state index contributed by atoms with van der Waals surface area (Å²) in [6, 6.07) is 5.36. The predicted octanol–water partition coefficient (Wildman–Crippen LogP) is 3.45. The van der Waals surface area contributed by atoms with Crippen molar-refractivity contribution in [1.29, 1.82) is 0 Å². The average Bonchev–Trinajstić information content (AvgIpc) is 3.29. The number of carbonyl (C=O) groups is 1. The lowest BCUT2D eigenvalue weighted by Gasteiger charge is -2.19. The number of hydrogen-bond donors (Lipinski definition) is 3. The minimum absolute atomic E-state index is 0.206. The summed E-state index contributed by atoms with van der Waals surface area (Å²) in [5, 5.41) is 9.21. The molecule has 11 heteroatoms. The SMILES string of the molecule is COC(=O)[C@H](CC(C)C)Nc1nc(NCCCn2ccnc2)nc(Nc2cccc(F)c2)n1. The number of ether oxygens (including phenoxy) is 1. The molecule has 10 nitrogen and oxygen atoms in total. The van der Waals surface area contributed by atoms with Gasteiger partial charge in [-0.3, -0.25) is 0 Å². The van der Waals surface area contributed by atoms with E-state index in [1.165, 1.54) is 19.2 Å². The second kappa shape index (κ2) is 11.7. The van der Waals surface area contributed by atoms with Gasteiger partial charge in [-0.15, -0.1) is 0 Å². The highest BCUT2D eigenvalue weighted by Gasteiger charge is 2.22. The maximum Gasteiger partial charge on any atom is 0.328 e. The van der Waals surface area contributed by atoms with E-state index in [9.17, 15) is 9.18 Å². The van der Waals surface area contributed by atoms with Crippen LogP contribution in [0, 0.1) is 11.7 Å². The Morgan fingerprint density at radius 3 is 2.67 bits per heavy atom. The molecule has 0 aliphatic heterocycles. The van der Waals surface area contributed by atoms with Crippen LogP contribution in [-0.2, 0) is 16.1 Å². The summed E-state index contributed by atoms with van der Waals surface area (Å²) in [4.78, 5) is 29.4. The normalized spacial score (nSPS) is 11.8. The quantitative estimate of drug-likeness (QED) is 0.278. The van der Waals surface area contributed by atoms with Crippen molar-refractivity contribution in [2.24, 2.45) is 5.92 Å². The third-order valence-corrected chi connectivity index (χ3v) is 4.65. The number of carbonyl (C=O) groups excluding carboxylic acids is 1.